The molecule has 0 aliphatic carbocycles. The molecule has 0 saturated carbocycles. The van der Waals surface area contributed by atoms with E-state index >= 15 is 0 Å². The molecule has 0 fully saturated rings. The van der Waals surface area contributed by atoms with Crippen molar-refractivity contribution in [1.82, 2.24) is 0 Å². The van der Waals surface area contributed by atoms with Gasteiger partial charge in [-0.05, 0) is 46.5 Å². The number of ether oxygens (including phenoxy) is 1. The van der Waals surface area contributed by atoms with Gasteiger partial charge in [0.15, 0.2) is 0 Å². The molecule has 6 heteroatoms. The molecule has 0 rings (SSSR count). The summed E-state index contributed by atoms with van der Waals surface area (Å²) in [6, 6.07) is 0. The molecule has 0 aromatic rings. The quantitative estimate of drug-likeness (QED) is 0.451. The minimum absolute atomic E-state index is 0.237. The first-order valence-electron chi connectivity index (χ1n) is 7.24. The summed E-state index contributed by atoms with van der Waals surface area (Å²) in [6.45, 7) is 11.9. The fourth-order valence-electron chi connectivity index (χ4n) is 1.71. The third-order valence-corrected chi connectivity index (χ3v) is 4.64. The minimum atomic E-state index is -3.37. The molecule has 0 amide bonds. The van der Waals surface area contributed by atoms with Gasteiger partial charge in [-0.1, -0.05) is 13.8 Å². The number of hydrogen-bond acceptors (Lipinski definition) is 5. The van der Waals surface area contributed by atoms with Gasteiger partial charge in [0.2, 0.25) is 0 Å². The minimum Gasteiger partial charge on any atom is -0.459 e. The van der Waals surface area contributed by atoms with Crippen LogP contribution < -0.4 is 0 Å². The average Bonchev–Trinajstić information content (AvgIpc) is 2.25. The molecule has 0 N–H and O–H groups in total. The topological polar surface area (TPSA) is 61.8 Å². The van der Waals surface area contributed by atoms with Crippen LogP contribution in [0.4, 0.5) is 0 Å². The van der Waals surface area contributed by atoms with Gasteiger partial charge in [0.1, 0.15) is 11.8 Å². The highest BCUT2D eigenvalue weighted by Crippen LogP contribution is 2.48. The standard InChI is InChI=1S/C14H29O5P/c1-7-17-20(16,18-8-2)11-13(15)19-14(5,6)10-9-12(3)4/h12H,7-11H2,1-6H3. The summed E-state index contributed by atoms with van der Waals surface area (Å²) >= 11 is 0. The van der Waals surface area contributed by atoms with Crippen molar-refractivity contribution in [2.24, 2.45) is 5.92 Å². The first-order valence-corrected chi connectivity index (χ1v) is 8.97. The maximum absolute atomic E-state index is 12.2. The largest absolute Gasteiger partial charge is 0.459 e. The monoisotopic (exact) mass is 308 g/mol. The zero-order valence-corrected chi connectivity index (χ0v) is 14.5. The zero-order chi connectivity index (χ0) is 15.8. The van der Waals surface area contributed by atoms with E-state index in [1.165, 1.54) is 0 Å². The van der Waals surface area contributed by atoms with Crippen LogP contribution in [0.25, 0.3) is 0 Å². The van der Waals surface area contributed by atoms with Crippen LogP contribution in [0.3, 0.4) is 0 Å². The van der Waals surface area contributed by atoms with E-state index < -0.39 is 19.2 Å². The van der Waals surface area contributed by atoms with Gasteiger partial charge < -0.3 is 13.8 Å². The Labute approximate surface area is 122 Å². The van der Waals surface area contributed by atoms with Gasteiger partial charge in [0, 0.05) is 0 Å². The van der Waals surface area contributed by atoms with Crippen molar-refractivity contribution < 1.29 is 23.1 Å². The van der Waals surface area contributed by atoms with Gasteiger partial charge in [-0.2, -0.15) is 0 Å². The molecule has 0 aliphatic heterocycles. The Kier molecular flexibility index (Phi) is 8.64. The van der Waals surface area contributed by atoms with Crippen molar-refractivity contribution in [1.29, 1.82) is 0 Å². The highest BCUT2D eigenvalue weighted by molar-refractivity contribution is 7.54. The second-order valence-corrected chi connectivity index (χ2v) is 7.83. The molecule has 120 valence electrons. The lowest BCUT2D eigenvalue weighted by atomic mass is 9.97. The van der Waals surface area contributed by atoms with Crippen LogP contribution in [0.1, 0.15) is 54.4 Å². The zero-order valence-electron chi connectivity index (χ0n) is 13.6. The van der Waals surface area contributed by atoms with E-state index in [-0.39, 0.29) is 19.4 Å². The number of carbonyl (C=O) groups is 1. The fraction of sp³-hybridized carbons (Fsp3) is 0.929. The highest BCUT2D eigenvalue weighted by Gasteiger charge is 2.32. The maximum Gasteiger partial charge on any atom is 0.341 e. The molecule has 0 aromatic carbocycles. The number of esters is 1. The van der Waals surface area contributed by atoms with E-state index in [0.717, 1.165) is 12.8 Å². The average molecular weight is 308 g/mol. The predicted octanol–water partition coefficient (Wildman–Crippen LogP) is 4.01. The van der Waals surface area contributed by atoms with E-state index in [9.17, 15) is 9.36 Å². The smallest absolute Gasteiger partial charge is 0.341 e. The second kappa shape index (κ2) is 8.81. The van der Waals surface area contributed by atoms with Crippen LogP contribution in [-0.2, 0) is 23.1 Å². The Hall–Kier alpha value is -0.380. The molecule has 0 atom stereocenters. The van der Waals surface area contributed by atoms with Crippen molar-refractivity contribution in [2.45, 2.75) is 60.0 Å². The molecule has 0 aliphatic rings. The Morgan fingerprint density at radius 2 is 1.65 bits per heavy atom. The summed E-state index contributed by atoms with van der Waals surface area (Å²) in [5.41, 5.74) is -0.565. The lowest BCUT2D eigenvalue weighted by Gasteiger charge is -2.27. The number of hydrogen-bond donors (Lipinski definition) is 0. The SMILES string of the molecule is CCOP(=O)(CC(=O)OC(C)(C)CCC(C)C)OCC. The van der Waals surface area contributed by atoms with E-state index in [4.69, 9.17) is 13.8 Å². The summed E-state index contributed by atoms with van der Waals surface area (Å²) in [6.07, 6.45) is 1.40. The van der Waals surface area contributed by atoms with Crippen molar-refractivity contribution in [3.05, 3.63) is 0 Å². The Morgan fingerprint density at radius 3 is 2.05 bits per heavy atom. The van der Waals surface area contributed by atoms with Crippen molar-refractivity contribution in [3.8, 4) is 0 Å². The summed E-state index contributed by atoms with van der Waals surface area (Å²) in [7, 11) is -3.37. The first kappa shape index (κ1) is 19.6. The van der Waals surface area contributed by atoms with Crippen LogP contribution >= 0.6 is 7.60 Å². The van der Waals surface area contributed by atoms with Gasteiger partial charge in [-0.15, -0.1) is 0 Å². The molecular weight excluding hydrogens is 279 g/mol. The normalized spacial score (nSPS) is 12.8. The van der Waals surface area contributed by atoms with Crippen LogP contribution in [0.2, 0.25) is 0 Å². The number of rotatable bonds is 10. The van der Waals surface area contributed by atoms with E-state index in [1.807, 2.05) is 13.8 Å². The lowest BCUT2D eigenvalue weighted by molar-refractivity contribution is -0.154. The van der Waals surface area contributed by atoms with Gasteiger partial charge in [0.25, 0.3) is 0 Å². The van der Waals surface area contributed by atoms with E-state index in [2.05, 4.69) is 13.8 Å². The summed E-state index contributed by atoms with van der Waals surface area (Å²) in [4.78, 5) is 11.9. The van der Waals surface area contributed by atoms with Gasteiger partial charge in [-0.25, -0.2) is 0 Å². The molecule has 0 saturated heterocycles. The molecule has 0 bridgehead atoms. The van der Waals surface area contributed by atoms with Gasteiger partial charge in [0.05, 0.1) is 13.2 Å². The van der Waals surface area contributed by atoms with Crippen LogP contribution in [0.5, 0.6) is 0 Å². The fourth-order valence-corrected chi connectivity index (χ4v) is 3.13. The van der Waals surface area contributed by atoms with Crippen LogP contribution in [0.15, 0.2) is 0 Å². The Balaban J connectivity index is 4.48. The summed E-state index contributed by atoms with van der Waals surface area (Å²) < 4.78 is 27.8. The Morgan fingerprint density at radius 1 is 1.15 bits per heavy atom. The first-order chi connectivity index (χ1) is 9.14. The predicted molar refractivity (Wildman–Crippen MR) is 80.0 cm³/mol. The molecule has 0 heterocycles. The third-order valence-electron chi connectivity index (χ3n) is 2.69. The van der Waals surface area contributed by atoms with Crippen LogP contribution in [-0.4, -0.2) is 30.9 Å². The summed E-state index contributed by atoms with van der Waals surface area (Å²) in [5, 5.41) is 0. The van der Waals surface area contributed by atoms with Crippen molar-refractivity contribution >= 4 is 13.6 Å². The molecule has 0 aromatic heterocycles. The lowest BCUT2D eigenvalue weighted by Crippen LogP contribution is -2.30. The molecule has 0 radical (unpaired) electrons. The van der Waals surface area contributed by atoms with E-state index in [1.54, 1.807) is 13.8 Å². The highest BCUT2D eigenvalue weighted by atomic mass is 31.2. The summed E-state index contributed by atoms with van der Waals surface area (Å²) in [5.74, 6) is 0.00918. The van der Waals surface area contributed by atoms with Gasteiger partial charge >= 0.3 is 13.6 Å². The molecule has 0 spiro atoms. The van der Waals surface area contributed by atoms with Gasteiger partial charge in [-0.3, -0.25) is 9.36 Å². The molecule has 5 nitrogen and oxygen atoms in total. The van der Waals surface area contributed by atoms with Crippen molar-refractivity contribution in [3.63, 3.8) is 0 Å². The van der Waals surface area contributed by atoms with Crippen LogP contribution in [0, 0.1) is 5.92 Å². The number of carbonyl (C=O) groups excluding carboxylic acids is 1. The Bertz CT molecular complexity index is 328. The molecule has 0 unspecified atom stereocenters. The van der Waals surface area contributed by atoms with Crippen molar-refractivity contribution in [2.75, 3.05) is 19.4 Å². The molecule has 20 heavy (non-hydrogen) atoms. The molecular formula is C14H29O5P. The third kappa shape index (κ3) is 8.72. The second-order valence-electron chi connectivity index (χ2n) is 5.77. The van der Waals surface area contributed by atoms with E-state index in [0.29, 0.717) is 5.92 Å². The maximum atomic E-state index is 12.2.